The first-order valence-electron chi connectivity index (χ1n) is 30.9. The molecule has 0 bridgehead atoms. The lowest BCUT2D eigenvalue weighted by Crippen LogP contribution is -2.55. The maximum atomic E-state index is 9.97. The predicted octanol–water partition coefficient (Wildman–Crippen LogP) is 0.00442. The molecule has 0 unspecified atom stereocenters. The van der Waals surface area contributed by atoms with E-state index < -0.39 is 121 Å². The van der Waals surface area contributed by atoms with E-state index >= 15 is 0 Å². The number of rotatable bonds is 25. The van der Waals surface area contributed by atoms with Gasteiger partial charge in [-0.05, 0) is 141 Å². The minimum atomic E-state index is -1.31. The quantitative estimate of drug-likeness (QED) is 0.0388. The zero-order valence-electron chi connectivity index (χ0n) is 51.9. The van der Waals surface area contributed by atoms with Gasteiger partial charge in [-0.25, -0.2) is 0 Å². The molecule has 0 aromatic heterocycles. The van der Waals surface area contributed by atoms with Crippen LogP contribution in [-0.4, -0.2) is 252 Å². The highest BCUT2D eigenvalue weighted by Crippen LogP contribution is 2.32. The van der Waals surface area contributed by atoms with Crippen molar-refractivity contribution in [1.29, 1.82) is 0 Å². The van der Waals surface area contributed by atoms with Gasteiger partial charge in [-0.1, -0.05) is 48.5 Å². The molecule has 4 aromatic carbocycles. The fraction of sp³-hybridized carbons (Fsp3) is 0.636. The van der Waals surface area contributed by atoms with Crippen LogP contribution < -0.4 is 14.2 Å². The summed E-state index contributed by atoms with van der Waals surface area (Å²) in [5.74, 6) is 0.720. The smallest absolute Gasteiger partial charge is 0.118 e. The average molecular weight is 1280 g/mol. The Morgan fingerprint density at radius 1 is 0.333 bits per heavy atom. The summed E-state index contributed by atoms with van der Waals surface area (Å²) >= 11 is 0. The van der Waals surface area contributed by atoms with Crippen LogP contribution in [0, 0.1) is 30.6 Å². The Morgan fingerprint density at radius 3 is 1.00 bits per heavy atom. The van der Waals surface area contributed by atoms with Crippen molar-refractivity contribution in [1.82, 2.24) is 0 Å². The lowest BCUT2D eigenvalue weighted by atomic mass is 9.81. The molecule has 8 rings (SSSR count). The molecule has 4 aromatic rings. The Morgan fingerprint density at radius 2 is 0.644 bits per heavy atom. The number of hydrogen-bond donors (Lipinski definition) is 17. The number of methoxy groups -OCH3 is 3. The van der Waals surface area contributed by atoms with Crippen molar-refractivity contribution in [3.63, 3.8) is 0 Å². The summed E-state index contributed by atoms with van der Waals surface area (Å²) in [5, 5.41) is 164. The summed E-state index contributed by atoms with van der Waals surface area (Å²) in [7, 11) is 4.83. The van der Waals surface area contributed by atoms with Gasteiger partial charge in [0.05, 0.1) is 83.4 Å². The number of hydrogen-bond acceptors (Lipinski definition) is 24. The van der Waals surface area contributed by atoms with E-state index in [1.54, 1.807) is 27.4 Å². The van der Waals surface area contributed by atoms with Crippen molar-refractivity contribution in [3.05, 3.63) is 119 Å². The van der Waals surface area contributed by atoms with Crippen molar-refractivity contribution in [3.8, 4) is 23.0 Å². The Bertz CT molecular complexity index is 2560. The van der Waals surface area contributed by atoms with Gasteiger partial charge in [0.1, 0.15) is 71.8 Å². The van der Waals surface area contributed by atoms with Crippen LogP contribution in [-0.2, 0) is 44.8 Å². The SMILES string of the molecule is COc1ccc(CCCO[C@@H]2C[C@H](CO)[C@@H](O)[C@H](O)[C@H]2O)cc1.COc1ccc(CCO[C@@H]2C[C@H](CO)[C@@H](O)[C@H](O)[C@H]2O)cc1.COc1ccc(CO[C@@H]2C[C@H](CO)[C@@H](O)[C@H](O)[C@H]2O)cc1.Cc1cc(CCCCO[C@@H]2C[C@H](CO)[C@@H](O)[C@H](O)[C@H]2O)ccc1O. The summed E-state index contributed by atoms with van der Waals surface area (Å²) < 4.78 is 37.8. The second kappa shape index (κ2) is 39.1. The molecule has 4 fully saturated rings. The molecule has 24 heteroatoms. The van der Waals surface area contributed by atoms with E-state index in [0.717, 1.165) is 71.6 Å². The van der Waals surface area contributed by atoms with Gasteiger partial charge < -0.3 is 120 Å². The summed E-state index contributed by atoms with van der Waals surface area (Å²) in [6, 6.07) is 28.3. The first-order valence-corrected chi connectivity index (χ1v) is 30.9. The summed E-state index contributed by atoms with van der Waals surface area (Å²) in [6.07, 6.45) is -10.5. The highest BCUT2D eigenvalue weighted by Gasteiger charge is 2.46. The van der Waals surface area contributed by atoms with Gasteiger partial charge in [-0.2, -0.15) is 0 Å². The molecule has 0 heterocycles. The number of ether oxygens (including phenoxy) is 7. The molecule has 4 saturated carbocycles. The minimum Gasteiger partial charge on any atom is -0.508 e. The summed E-state index contributed by atoms with van der Waals surface area (Å²) in [4.78, 5) is 0. The first kappa shape index (κ1) is 76.0. The second-order valence-electron chi connectivity index (χ2n) is 23.7. The van der Waals surface area contributed by atoms with E-state index in [0.29, 0.717) is 57.7 Å². The third kappa shape index (κ3) is 22.5. The number of aliphatic hydroxyl groups excluding tert-OH is 16. The predicted molar refractivity (Wildman–Crippen MR) is 327 cm³/mol. The molecular weight excluding hydrogens is 1180 g/mol. The standard InChI is InChI=1S/C18H28O6.C17H26O6.C16H24O6.C15H22O6/c1-11-8-12(5-6-14(11)20)4-2-3-7-24-15-9-13(10-19)16(21)18(23)17(15)22;1-22-13-6-4-11(5-7-13)3-2-8-23-14-9-12(10-18)15(19)17(21)16(14)20;1-21-12-4-2-10(3-5-12)6-7-22-13-8-11(9-17)14(18)16(20)15(13)19;1-20-11-4-2-9(3-5-11)8-21-12-6-10(7-16)13(17)15(19)14(12)18/h5-6,8,13,15-23H,2-4,7,9-10H2,1H3;4-7,12,14-21H,2-3,8-10H2,1H3;2-5,11,13-20H,6-9H2,1H3;2-5,10,12-19H,6-8H2,1H3/t13-,15-,16-,17+,18+;12-,14-,15-,16+,17+;11-,13-,14-,15+,16+;10-,12-,13-,14+,15+/m1111/s1. The number of aryl methyl sites for hydroxylation is 3. The summed E-state index contributed by atoms with van der Waals surface area (Å²) in [5.41, 5.74) is 5.16. The van der Waals surface area contributed by atoms with Crippen molar-refractivity contribution in [2.75, 3.05) is 67.6 Å². The number of aliphatic hydroxyl groups is 16. The van der Waals surface area contributed by atoms with Gasteiger partial charge in [0, 0.05) is 63.3 Å². The molecule has 508 valence electrons. The minimum absolute atomic E-state index is 0.239. The van der Waals surface area contributed by atoms with Crippen LogP contribution in [0.5, 0.6) is 23.0 Å². The molecular formula is C66H100O24. The molecule has 17 N–H and O–H groups in total. The maximum Gasteiger partial charge on any atom is 0.118 e. The zero-order valence-corrected chi connectivity index (χ0v) is 51.9. The molecule has 0 radical (unpaired) electrons. The van der Waals surface area contributed by atoms with E-state index in [9.17, 15) is 86.8 Å². The third-order valence-corrected chi connectivity index (χ3v) is 17.4. The van der Waals surface area contributed by atoms with Crippen LogP contribution in [0.1, 0.15) is 72.8 Å². The Hall–Kier alpha value is -4.72. The molecule has 0 saturated heterocycles. The van der Waals surface area contributed by atoms with Crippen molar-refractivity contribution < 1.29 is 120 Å². The fourth-order valence-electron chi connectivity index (χ4n) is 11.4. The largest absolute Gasteiger partial charge is 0.508 e. The number of aromatic hydroxyl groups is 1. The lowest BCUT2D eigenvalue weighted by Gasteiger charge is -2.39. The molecule has 0 aliphatic heterocycles. The van der Waals surface area contributed by atoms with Gasteiger partial charge in [-0.3, -0.25) is 0 Å². The Balaban J connectivity index is 0.000000218. The number of benzene rings is 4. The topological polar surface area (TPSA) is 409 Å². The number of phenolic OH excluding ortho intramolecular Hbond substituents is 1. The molecule has 90 heavy (non-hydrogen) atoms. The Labute approximate surface area is 526 Å². The molecule has 20 atom stereocenters. The highest BCUT2D eigenvalue weighted by atomic mass is 16.5. The van der Waals surface area contributed by atoms with Crippen LogP contribution in [0.4, 0.5) is 0 Å². The van der Waals surface area contributed by atoms with E-state index in [1.807, 2.05) is 91.9 Å². The molecule has 4 aliphatic carbocycles. The van der Waals surface area contributed by atoms with Crippen LogP contribution >= 0.6 is 0 Å². The molecule has 4 aliphatic rings. The number of unbranched alkanes of at least 4 members (excludes halogenated alkanes) is 1. The van der Waals surface area contributed by atoms with E-state index in [1.165, 1.54) is 5.56 Å². The third-order valence-electron chi connectivity index (χ3n) is 17.4. The molecule has 0 spiro atoms. The highest BCUT2D eigenvalue weighted by molar-refractivity contribution is 5.35. The van der Waals surface area contributed by atoms with Gasteiger partial charge in [-0.15, -0.1) is 0 Å². The molecule has 0 amide bonds. The van der Waals surface area contributed by atoms with Gasteiger partial charge in [0.25, 0.3) is 0 Å². The van der Waals surface area contributed by atoms with Crippen LogP contribution in [0.25, 0.3) is 0 Å². The second-order valence-corrected chi connectivity index (χ2v) is 23.7. The van der Waals surface area contributed by atoms with Crippen LogP contribution in [0.3, 0.4) is 0 Å². The van der Waals surface area contributed by atoms with Crippen molar-refractivity contribution >= 4 is 0 Å². The van der Waals surface area contributed by atoms with E-state index in [-0.39, 0.29) is 33.0 Å². The van der Waals surface area contributed by atoms with E-state index in [4.69, 9.17) is 33.2 Å². The first-order chi connectivity index (χ1) is 43.1. The monoisotopic (exact) mass is 1280 g/mol. The summed E-state index contributed by atoms with van der Waals surface area (Å²) in [6.45, 7) is 2.41. The zero-order chi connectivity index (χ0) is 66.0. The van der Waals surface area contributed by atoms with Crippen LogP contribution in [0.2, 0.25) is 0 Å². The molecule has 24 nitrogen and oxygen atoms in total. The van der Waals surface area contributed by atoms with E-state index in [2.05, 4.69) is 0 Å². The van der Waals surface area contributed by atoms with Crippen LogP contribution in [0.15, 0.2) is 91.0 Å². The Kier molecular flexibility index (Phi) is 33.0. The van der Waals surface area contributed by atoms with Crippen molar-refractivity contribution in [2.45, 2.75) is 175 Å². The van der Waals surface area contributed by atoms with Crippen molar-refractivity contribution in [2.24, 2.45) is 23.7 Å². The maximum absolute atomic E-state index is 9.97. The van der Waals surface area contributed by atoms with Gasteiger partial charge >= 0.3 is 0 Å². The lowest BCUT2D eigenvalue weighted by molar-refractivity contribution is -0.180. The normalized spacial score (nSPS) is 31.6. The van der Waals surface area contributed by atoms with Gasteiger partial charge in [0.2, 0.25) is 0 Å². The fourth-order valence-corrected chi connectivity index (χ4v) is 11.4. The number of phenols is 1. The van der Waals surface area contributed by atoms with Gasteiger partial charge in [0.15, 0.2) is 0 Å². The average Bonchev–Trinajstić information content (AvgIpc) is 1.81.